The second kappa shape index (κ2) is 44.6. The molecule has 0 saturated carbocycles. The Morgan fingerprint density at radius 3 is 1.41 bits per heavy atom. The van der Waals surface area contributed by atoms with Crippen molar-refractivity contribution < 1.29 is 42.9 Å². The van der Waals surface area contributed by atoms with Crippen LogP contribution in [-0.2, 0) is 33.3 Å². The molecule has 0 N–H and O–H groups in total. The summed E-state index contributed by atoms with van der Waals surface area (Å²) in [5.74, 6) is -2.43. The average molecular weight is 878 g/mol. The predicted octanol–water partition coefficient (Wildman–Crippen LogP) is 11.9. The Labute approximate surface area is 384 Å². The SMILES string of the molecule is CC/C=C\C/C=C\C/C=C\C/C=C\C/C=C\C/C=C\CCC(=O)OC(COC(=O)CCCCCCCC/C=C\C/C=C\C/C=C\CCCCC)COC(OCC[N+](C)(C)C)C(=O)[O-]. The van der Waals surface area contributed by atoms with E-state index < -0.39 is 30.3 Å². The van der Waals surface area contributed by atoms with E-state index in [1.54, 1.807) is 0 Å². The highest BCUT2D eigenvalue weighted by atomic mass is 16.7. The summed E-state index contributed by atoms with van der Waals surface area (Å²) < 4.78 is 22.5. The number of carboxylic acid groups (broad SMARTS) is 1. The largest absolute Gasteiger partial charge is 0.545 e. The number of rotatable bonds is 42. The molecule has 9 nitrogen and oxygen atoms in total. The molecule has 0 rings (SSSR count). The van der Waals surface area contributed by atoms with Gasteiger partial charge in [-0.2, -0.15) is 0 Å². The first-order chi connectivity index (χ1) is 30.6. The molecule has 0 aromatic rings. The Morgan fingerprint density at radius 2 is 0.937 bits per heavy atom. The highest BCUT2D eigenvalue weighted by molar-refractivity contribution is 5.70. The molecule has 0 spiro atoms. The van der Waals surface area contributed by atoms with Crippen molar-refractivity contribution in [1.82, 2.24) is 0 Å². The van der Waals surface area contributed by atoms with Crippen LogP contribution in [0.1, 0.15) is 155 Å². The molecule has 356 valence electrons. The van der Waals surface area contributed by atoms with Crippen LogP contribution in [0.15, 0.2) is 109 Å². The zero-order chi connectivity index (χ0) is 46.3. The molecule has 0 amide bonds. The summed E-state index contributed by atoms with van der Waals surface area (Å²) in [5, 5.41) is 11.7. The molecule has 0 bridgehead atoms. The first-order valence-electron chi connectivity index (χ1n) is 24.0. The van der Waals surface area contributed by atoms with Crippen molar-refractivity contribution in [3.8, 4) is 0 Å². The normalized spacial score (nSPS) is 13.9. The van der Waals surface area contributed by atoms with Gasteiger partial charge in [-0.15, -0.1) is 0 Å². The van der Waals surface area contributed by atoms with Gasteiger partial charge in [0.15, 0.2) is 12.4 Å². The molecule has 0 aliphatic heterocycles. The number of carbonyl (C=O) groups is 3. The van der Waals surface area contributed by atoms with E-state index in [4.69, 9.17) is 18.9 Å². The van der Waals surface area contributed by atoms with Crippen LogP contribution in [0.2, 0.25) is 0 Å². The third-order valence-electron chi connectivity index (χ3n) is 9.52. The minimum atomic E-state index is -1.65. The van der Waals surface area contributed by atoms with Gasteiger partial charge in [0.05, 0.1) is 40.3 Å². The third kappa shape index (κ3) is 45.8. The van der Waals surface area contributed by atoms with Gasteiger partial charge >= 0.3 is 11.9 Å². The molecule has 9 heteroatoms. The van der Waals surface area contributed by atoms with Gasteiger partial charge in [0.2, 0.25) is 0 Å². The number of carboxylic acids is 1. The maximum absolute atomic E-state index is 12.7. The maximum Gasteiger partial charge on any atom is 0.306 e. The minimum Gasteiger partial charge on any atom is -0.545 e. The summed E-state index contributed by atoms with van der Waals surface area (Å²) in [6.45, 7) is 4.47. The van der Waals surface area contributed by atoms with Crippen molar-refractivity contribution in [2.24, 2.45) is 0 Å². The minimum absolute atomic E-state index is 0.113. The fourth-order valence-electron chi connectivity index (χ4n) is 5.80. The molecule has 0 radical (unpaired) electrons. The highest BCUT2D eigenvalue weighted by Gasteiger charge is 2.21. The Balaban J connectivity index is 4.57. The quantitative estimate of drug-likeness (QED) is 0.0196. The smallest absolute Gasteiger partial charge is 0.306 e. The molecule has 0 fully saturated rings. The number of nitrogens with zero attached hydrogens (tertiary/aromatic N) is 1. The lowest BCUT2D eigenvalue weighted by molar-refractivity contribution is -0.870. The van der Waals surface area contributed by atoms with Gasteiger partial charge in [-0.05, 0) is 89.9 Å². The Kier molecular flexibility index (Phi) is 41.7. The van der Waals surface area contributed by atoms with Gasteiger partial charge in [0, 0.05) is 12.8 Å². The highest BCUT2D eigenvalue weighted by Crippen LogP contribution is 2.11. The van der Waals surface area contributed by atoms with Gasteiger partial charge in [0.1, 0.15) is 13.2 Å². The van der Waals surface area contributed by atoms with E-state index >= 15 is 0 Å². The summed E-state index contributed by atoms with van der Waals surface area (Å²) in [6.07, 6.45) is 57.0. The van der Waals surface area contributed by atoms with Crippen LogP contribution in [0.25, 0.3) is 0 Å². The summed E-state index contributed by atoms with van der Waals surface area (Å²) in [5.41, 5.74) is 0. The van der Waals surface area contributed by atoms with Crippen molar-refractivity contribution in [1.29, 1.82) is 0 Å². The van der Waals surface area contributed by atoms with Crippen LogP contribution in [-0.4, -0.2) is 82.3 Å². The van der Waals surface area contributed by atoms with Crippen LogP contribution in [0, 0.1) is 0 Å². The zero-order valence-electron chi connectivity index (χ0n) is 40.1. The van der Waals surface area contributed by atoms with E-state index in [2.05, 4.69) is 111 Å². The molecule has 0 saturated heterocycles. The Bertz CT molecular complexity index is 1390. The molecule has 0 aromatic heterocycles. The van der Waals surface area contributed by atoms with E-state index in [-0.39, 0.29) is 32.7 Å². The number of unbranched alkanes of at least 4 members (excludes halogenated alkanes) is 9. The molecule has 2 atom stereocenters. The van der Waals surface area contributed by atoms with Crippen molar-refractivity contribution in [3.63, 3.8) is 0 Å². The van der Waals surface area contributed by atoms with E-state index in [9.17, 15) is 19.5 Å². The molecule has 0 aliphatic carbocycles. The number of aliphatic carboxylic acids is 1. The van der Waals surface area contributed by atoms with Crippen LogP contribution in [0.4, 0.5) is 0 Å². The van der Waals surface area contributed by atoms with Crippen molar-refractivity contribution in [3.05, 3.63) is 109 Å². The van der Waals surface area contributed by atoms with Crippen LogP contribution in [0.5, 0.6) is 0 Å². The molecule has 63 heavy (non-hydrogen) atoms. The zero-order valence-corrected chi connectivity index (χ0v) is 40.1. The van der Waals surface area contributed by atoms with Crippen LogP contribution < -0.4 is 5.11 Å². The lowest BCUT2D eigenvalue weighted by Crippen LogP contribution is -2.44. The number of quaternary nitrogens is 1. The number of allylic oxidation sites excluding steroid dienone is 18. The molecular formula is C54H87NO8. The molecule has 0 aliphatic rings. The Hall–Kier alpha value is -4.05. The van der Waals surface area contributed by atoms with Crippen molar-refractivity contribution in [2.75, 3.05) is 47.5 Å². The molecule has 2 unspecified atom stereocenters. The number of ether oxygens (including phenoxy) is 4. The number of carbonyl (C=O) groups excluding carboxylic acids is 3. The fourth-order valence-corrected chi connectivity index (χ4v) is 5.80. The van der Waals surface area contributed by atoms with E-state index in [0.717, 1.165) is 89.9 Å². The summed E-state index contributed by atoms with van der Waals surface area (Å²) in [7, 11) is 5.87. The first-order valence-corrected chi connectivity index (χ1v) is 24.0. The topological polar surface area (TPSA) is 111 Å². The summed E-state index contributed by atoms with van der Waals surface area (Å²) in [6, 6.07) is 0. The lowest BCUT2D eigenvalue weighted by atomic mass is 10.1. The van der Waals surface area contributed by atoms with E-state index in [1.807, 2.05) is 33.3 Å². The fraction of sp³-hybridized carbons (Fsp3) is 0.611. The van der Waals surface area contributed by atoms with E-state index in [1.165, 1.54) is 25.7 Å². The monoisotopic (exact) mass is 878 g/mol. The predicted molar refractivity (Wildman–Crippen MR) is 260 cm³/mol. The van der Waals surface area contributed by atoms with Gasteiger partial charge in [-0.25, -0.2) is 0 Å². The lowest BCUT2D eigenvalue weighted by Gasteiger charge is -2.26. The molecular weight excluding hydrogens is 791 g/mol. The second-order valence-electron chi connectivity index (χ2n) is 16.7. The van der Waals surface area contributed by atoms with E-state index in [0.29, 0.717) is 23.9 Å². The summed E-state index contributed by atoms with van der Waals surface area (Å²) >= 11 is 0. The van der Waals surface area contributed by atoms with Gasteiger partial charge in [0.25, 0.3) is 0 Å². The second-order valence-corrected chi connectivity index (χ2v) is 16.7. The maximum atomic E-state index is 12.7. The van der Waals surface area contributed by atoms with Gasteiger partial charge < -0.3 is 33.3 Å². The molecule has 0 heterocycles. The third-order valence-corrected chi connectivity index (χ3v) is 9.52. The number of likely N-dealkylation sites (N-methyl/N-ethyl adjacent to an activating group) is 1. The van der Waals surface area contributed by atoms with Crippen molar-refractivity contribution >= 4 is 17.9 Å². The van der Waals surface area contributed by atoms with Crippen LogP contribution >= 0.6 is 0 Å². The van der Waals surface area contributed by atoms with Gasteiger partial charge in [-0.3, -0.25) is 9.59 Å². The van der Waals surface area contributed by atoms with Gasteiger partial charge in [-0.1, -0.05) is 162 Å². The Morgan fingerprint density at radius 1 is 0.492 bits per heavy atom. The number of esters is 2. The first kappa shape index (κ1) is 58.9. The molecule has 0 aromatic carbocycles. The van der Waals surface area contributed by atoms with Crippen LogP contribution in [0.3, 0.4) is 0 Å². The summed E-state index contributed by atoms with van der Waals surface area (Å²) in [4.78, 5) is 37.0. The number of hydrogen-bond acceptors (Lipinski definition) is 8. The average Bonchev–Trinajstić information content (AvgIpc) is 3.24. The standard InChI is InChI=1S/C54H87NO8/c1-6-8-10-12-14-16-18-20-22-24-26-28-30-32-34-36-38-40-42-44-51(56)61-48-50(49-62-54(53(58)59)60-47-46-55(3,4)5)63-52(57)45-43-41-39-37-35-33-31-29-27-25-23-21-19-17-15-13-11-9-7-2/h9,11,14-17,20-23,26-29,33,35,39,41,50,54H,6-8,10,12-13,18-19,24-25,30-32,34,36-38,40,42-49H2,1-5H3/b11-9-,16-14-,17-15-,22-20-,23-21-,28-26-,29-27-,35-33-,41-39-. The number of hydrogen-bond donors (Lipinski definition) is 0. The van der Waals surface area contributed by atoms with Crippen molar-refractivity contribution in [2.45, 2.75) is 167 Å².